The van der Waals surface area contributed by atoms with Crippen LogP contribution in [0.4, 0.5) is 5.69 Å². The van der Waals surface area contributed by atoms with Crippen molar-refractivity contribution in [2.75, 3.05) is 33.4 Å². The van der Waals surface area contributed by atoms with Gasteiger partial charge in [-0.3, -0.25) is 4.79 Å². The number of benzene rings is 2. The lowest BCUT2D eigenvalue weighted by Gasteiger charge is -2.39. The topological polar surface area (TPSA) is 75.3 Å². The number of ether oxygens (including phenoxy) is 5. The summed E-state index contributed by atoms with van der Waals surface area (Å²) in [6, 6.07) is 7.76. The number of carbonyl (C=O) groups excluding carboxylic acids is 1. The van der Waals surface area contributed by atoms with Crippen molar-refractivity contribution in [2.24, 2.45) is 5.41 Å². The van der Waals surface area contributed by atoms with Gasteiger partial charge >= 0.3 is 0 Å². The van der Waals surface area contributed by atoms with Gasteiger partial charge in [-0.1, -0.05) is 13.8 Å². The first-order valence-corrected chi connectivity index (χ1v) is 10.6. The quantitative estimate of drug-likeness (QED) is 0.747. The first kappa shape index (κ1) is 20.5. The van der Waals surface area contributed by atoms with E-state index < -0.39 is 0 Å². The Kier molecular flexibility index (Phi) is 4.73. The first-order valence-electron chi connectivity index (χ1n) is 10.6. The fourth-order valence-electron chi connectivity index (χ4n) is 5.02. The zero-order chi connectivity index (χ0) is 22.6. The van der Waals surface area contributed by atoms with Gasteiger partial charge in [0.15, 0.2) is 28.8 Å². The van der Waals surface area contributed by atoms with Crippen molar-refractivity contribution in [3.63, 3.8) is 0 Å². The van der Waals surface area contributed by atoms with Crippen LogP contribution in [0.25, 0.3) is 0 Å². The SMILES string of the molecule is COc1cc(C2C3=C(CC(C)(C)CC3=O)Nc3cc4c(cc32)OCO4)cc(OC)c1OC. The largest absolute Gasteiger partial charge is 0.493 e. The van der Waals surface area contributed by atoms with E-state index in [4.69, 9.17) is 23.7 Å². The predicted molar refractivity (Wildman–Crippen MR) is 119 cm³/mol. The van der Waals surface area contributed by atoms with Gasteiger partial charge in [-0.05, 0) is 41.2 Å². The lowest BCUT2D eigenvalue weighted by atomic mass is 9.68. The minimum absolute atomic E-state index is 0.114. The second kappa shape index (κ2) is 7.36. The third-order valence-corrected chi connectivity index (χ3v) is 6.37. The number of rotatable bonds is 4. The van der Waals surface area contributed by atoms with Crippen molar-refractivity contribution >= 4 is 11.5 Å². The van der Waals surface area contributed by atoms with Crippen molar-refractivity contribution in [1.82, 2.24) is 0 Å². The molecule has 0 radical (unpaired) electrons. The van der Waals surface area contributed by atoms with Crippen LogP contribution >= 0.6 is 0 Å². The van der Waals surface area contributed by atoms with Crippen LogP contribution in [-0.2, 0) is 4.79 Å². The number of ketones is 1. The van der Waals surface area contributed by atoms with Gasteiger partial charge in [0.2, 0.25) is 12.5 Å². The Morgan fingerprint density at radius 1 is 0.938 bits per heavy atom. The molecule has 0 saturated carbocycles. The summed E-state index contributed by atoms with van der Waals surface area (Å²) in [6.45, 7) is 4.44. The smallest absolute Gasteiger partial charge is 0.231 e. The highest BCUT2D eigenvalue weighted by molar-refractivity contribution is 6.02. The Bertz CT molecular complexity index is 1120. The minimum atomic E-state index is -0.298. The van der Waals surface area contributed by atoms with E-state index in [9.17, 15) is 4.79 Å². The molecule has 1 N–H and O–H groups in total. The van der Waals surface area contributed by atoms with Crippen LogP contribution < -0.4 is 29.0 Å². The van der Waals surface area contributed by atoms with Crippen LogP contribution in [0.5, 0.6) is 28.7 Å². The van der Waals surface area contributed by atoms with Crippen molar-refractivity contribution in [3.05, 3.63) is 46.7 Å². The fourth-order valence-corrected chi connectivity index (χ4v) is 5.02. The molecular weight excluding hydrogens is 410 g/mol. The van der Waals surface area contributed by atoms with Crippen LogP contribution in [0.3, 0.4) is 0 Å². The number of hydrogen-bond donors (Lipinski definition) is 1. The Hall–Kier alpha value is -3.35. The monoisotopic (exact) mass is 437 g/mol. The van der Waals surface area contributed by atoms with Crippen LogP contribution in [0.1, 0.15) is 43.7 Å². The van der Waals surface area contributed by atoms with Crippen LogP contribution in [0, 0.1) is 5.41 Å². The molecule has 0 amide bonds. The van der Waals surface area contributed by atoms with E-state index >= 15 is 0 Å². The normalized spacial score (nSPS) is 20.3. The first-order chi connectivity index (χ1) is 15.3. The molecule has 0 bridgehead atoms. The molecule has 5 rings (SSSR count). The van der Waals surface area contributed by atoms with E-state index in [0.717, 1.165) is 34.5 Å². The predicted octanol–water partition coefficient (Wildman–Crippen LogP) is 4.64. The van der Waals surface area contributed by atoms with Gasteiger partial charge in [0.25, 0.3) is 0 Å². The van der Waals surface area contributed by atoms with E-state index in [1.807, 2.05) is 24.3 Å². The highest BCUT2D eigenvalue weighted by atomic mass is 16.7. The lowest BCUT2D eigenvalue weighted by Crippen LogP contribution is -2.33. The molecule has 0 saturated heterocycles. The molecule has 3 aliphatic rings. The maximum atomic E-state index is 13.5. The van der Waals surface area contributed by atoms with Crippen LogP contribution in [0.2, 0.25) is 0 Å². The van der Waals surface area contributed by atoms with Gasteiger partial charge in [0, 0.05) is 35.4 Å². The molecule has 1 aliphatic carbocycles. The number of allylic oxidation sites excluding steroid dienone is 2. The second-order valence-corrected chi connectivity index (χ2v) is 9.14. The third kappa shape index (κ3) is 3.15. The molecule has 2 heterocycles. The Morgan fingerprint density at radius 3 is 2.22 bits per heavy atom. The average Bonchev–Trinajstić information content (AvgIpc) is 3.21. The summed E-state index contributed by atoms with van der Waals surface area (Å²) in [5.41, 5.74) is 4.38. The number of methoxy groups -OCH3 is 3. The maximum absolute atomic E-state index is 13.5. The second-order valence-electron chi connectivity index (χ2n) is 9.14. The summed E-state index contributed by atoms with van der Waals surface area (Å²) in [5, 5.41) is 3.53. The molecule has 168 valence electrons. The highest BCUT2D eigenvalue weighted by Gasteiger charge is 2.42. The molecule has 2 aromatic rings. The van der Waals surface area contributed by atoms with Gasteiger partial charge < -0.3 is 29.0 Å². The highest BCUT2D eigenvalue weighted by Crippen LogP contribution is 2.53. The molecule has 1 atom stereocenters. The summed E-state index contributed by atoms with van der Waals surface area (Å²) in [7, 11) is 4.76. The average molecular weight is 437 g/mol. The summed E-state index contributed by atoms with van der Waals surface area (Å²) in [6.07, 6.45) is 1.28. The number of anilines is 1. The molecule has 2 aromatic carbocycles. The van der Waals surface area contributed by atoms with E-state index in [2.05, 4.69) is 19.2 Å². The molecule has 0 fully saturated rings. The summed E-state index contributed by atoms with van der Waals surface area (Å²) < 4.78 is 28.0. The van der Waals surface area contributed by atoms with Crippen LogP contribution in [-0.4, -0.2) is 33.9 Å². The standard InChI is InChI=1S/C25H27NO6/c1-25(2)10-16-23(17(27)11-25)22(13-6-20(28-3)24(30-5)21(7-13)29-4)14-8-18-19(32-12-31-18)9-15(14)26-16/h6-9,22,26H,10-12H2,1-5H3. The van der Waals surface area contributed by atoms with Gasteiger partial charge in [-0.25, -0.2) is 0 Å². The van der Waals surface area contributed by atoms with E-state index in [1.165, 1.54) is 0 Å². The van der Waals surface area contributed by atoms with E-state index in [-0.39, 0.29) is 23.9 Å². The number of Topliss-reactive ketones (excluding diaryl/α,β-unsaturated/α-hetero) is 1. The van der Waals surface area contributed by atoms with E-state index in [1.54, 1.807) is 21.3 Å². The fraction of sp³-hybridized carbons (Fsp3) is 0.400. The lowest BCUT2D eigenvalue weighted by molar-refractivity contribution is -0.118. The van der Waals surface area contributed by atoms with E-state index in [0.29, 0.717) is 35.2 Å². The molecule has 7 heteroatoms. The van der Waals surface area contributed by atoms with Gasteiger partial charge in [0.1, 0.15) is 0 Å². The zero-order valence-corrected chi connectivity index (χ0v) is 19.0. The molecule has 1 unspecified atom stereocenters. The number of fused-ring (bicyclic) bond motifs is 2. The van der Waals surface area contributed by atoms with Crippen molar-refractivity contribution in [2.45, 2.75) is 32.6 Å². The number of nitrogens with one attached hydrogen (secondary N) is 1. The molecule has 2 aliphatic heterocycles. The summed E-state index contributed by atoms with van der Waals surface area (Å²) >= 11 is 0. The maximum Gasteiger partial charge on any atom is 0.231 e. The van der Waals surface area contributed by atoms with Gasteiger partial charge in [0.05, 0.1) is 21.3 Å². The van der Waals surface area contributed by atoms with Crippen molar-refractivity contribution in [1.29, 1.82) is 0 Å². The Balaban J connectivity index is 1.76. The molecule has 32 heavy (non-hydrogen) atoms. The molecule has 0 spiro atoms. The minimum Gasteiger partial charge on any atom is -0.493 e. The third-order valence-electron chi connectivity index (χ3n) is 6.37. The van der Waals surface area contributed by atoms with Gasteiger partial charge in [-0.15, -0.1) is 0 Å². The summed E-state index contributed by atoms with van der Waals surface area (Å²) in [5.74, 6) is 2.84. The zero-order valence-electron chi connectivity index (χ0n) is 19.0. The molecular formula is C25H27NO6. The molecule has 7 nitrogen and oxygen atoms in total. The van der Waals surface area contributed by atoms with Crippen molar-refractivity contribution in [3.8, 4) is 28.7 Å². The summed E-state index contributed by atoms with van der Waals surface area (Å²) in [4.78, 5) is 13.5. The van der Waals surface area contributed by atoms with Crippen LogP contribution in [0.15, 0.2) is 35.5 Å². The number of hydrogen-bond acceptors (Lipinski definition) is 7. The van der Waals surface area contributed by atoms with Gasteiger partial charge in [-0.2, -0.15) is 0 Å². The van der Waals surface area contributed by atoms with Crippen molar-refractivity contribution < 1.29 is 28.5 Å². The Morgan fingerprint density at radius 2 is 1.59 bits per heavy atom. The Labute approximate surface area is 187 Å². The molecule has 0 aromatic heterocycles. The number of carbonyl (C=O) groups is 1.